The average Bonchev–Trinajstić information content (AvgIpc) is 1.91. The summed E-state index contributed by atoms with van der Waals surface area (Å²) in [5.74, 6) is 0. The minimum Gasteiger partial charge on any atom is -0.183 e. The maximum atomic E-state index is 3.60. The molecule has 0 aliphatic rings. The molecule has 0 atom stereocenters. The van der Waals surface area contributed by atoms with Gasteiger partial charge in [-0.05, 0) is 27.0 Å². The fourth-order valence-corrected chi connectivity index (χ4v) is 0.689. The molecule has 64 valence electrons. The van der Waals surface area contributed by atoms with E-state index < -0.39 is 0 Å². The van der Waals surface area contributed by atoms with E-state index in [0.717, 1.165) is 0 Å². The molecule has 0 saturated carbocycles. The lowest BCUT2D eigenvalue weighted by atomic mass is 10.2. The second kappa shape index (κ2) is 9.57. The summed E-state index contributed by atoms with van der Waals surface area (Å²) < 4.78 is 0. The van der Waals surface area contributed by atoms with Crippen molar-refractivity contribution in [1.82, 2.24) is 0 Å². The molecule has 0 unspecified atom stereocenters. The summed E-state index contributed by atoms with van der Waals surface area (Å²) in [5, 5.41) is 0. The third kappa shape index (κ3) is 12.7. The summed E-state index contributed by atoms with van der Waals surface area (Å²) in [6.07, 6.45) is 7.61. The first-order valence-corrected chi connectivity index (χ1v) is 4.45. The molecule has 0 aliphatic heterocycles. The van der Waals surface area contributed by atoms with Gasteiger partial charge in [0.2, 0.25) is 0 Å². The first-order chi connectivity index (χ1) is 5.16. The molecule has 0 aromatic heterocycles. The Morgan fingerprint density at radius 1 is 1.18 bits per heavy atom. The van der Waals surface area contributed by atoms with Crippen LogP contribution in [0, 0.1) is 0 Å². The zero-order chi connectivity index (χ0) is 9.28. The van der Waals surface area contributed by atoms with Crippen LogP contribution in [0.25, 0.3) is 0 Å². The summed E-state index contributed by atoms with van der Waals surface area (Å²) in [6.45, 7) is 9.83. The van der Waals surface area contributed by atoms with Gasteiger partial charge in [-0.2, -0.15) is 12.6 Å². The standard InChI is InChI=1S/C9H14.CH4S/c1-5-6-9(4)7-8(2)3;1-2/h5-7H,1H2,2-4H3;2H,1H3/b9-6-;. The van der Waals surface area contributed by atoms with Crippen LogP contribution in [0.4, 0.5) is 0 Å². The molecule has 0 N–H and O–H groups in total. The van der Waals surface area contributed by atoms with Gasteiger partial charge in [-0.15, -0.1) is 0 Å². The van der Waals surface area contributed by atoms with Crippen LogP contribution in [-0.4, -0.2) is 6.26 Å². The van der Waals surface area contributed by atoms with Crippen LogP contribution in [0.3, 0.4) is 0 Å². The Hall–Kier alpha value is -0.430. The third-order valence-electron chi connectivity index (χ3n) is 0.897. The SMILES string of the molecule is C=C/C=C(/C)C=C(C)C.CS. The van der Waals surface area contributed by atoms with E-state index in [-0.39, 0.29) is 0 Å². The van der Waals surface area contributed by atoms with Gasteiger partial charge in [-0.3, -0.25) is 0 Å². The van der Waals surface area contributed by atoms with Crippen molar-refractivity contribution in [3.8, 4) is 0 Å². The number of hydrogen-bond donors (Lipinski definition) is 1. The van der Waals surface area contributed by atoms with Crippen LogP contribution >= 0.6 is 12.6 Å². The summed E-state index contributed by atoms with van der Waals surface area (Å²) in [5.41, 5.74) is 2.58. The number of thiol groups is 1. The van der Waals surface area contributed by atoms with E-state index in [4.69, 9.17) is 0 Å². The number of hydrogen-bond acceptors (Lipinski definition) is 1. The molecule has 0 bridgehead atoms. The smallest absolute Gasteiger partial charge is 0.0215 e. The second-order valence-corrected chi connectivity index (χ2v) is 2.37. The van der Waals surface area contributed by atoms with E-state index in [2.05, 4.69) is 46.1 Å². The van der Waals surface area contributed by atoms with E-state index in [9.17, 15) is 0 Å². The zero-order valence-corrected chi connectivity index (χ0v) is 8.78. The monoisotopic (exact) mass is 170 g/mol. The Kier molecular flexibility index (Phi) is 11.5. The van der Waals surface area contributed by atoms with E-state index in [0.29, 0.717) is 0 Å². The van der Waals surface area contributed by atoms with Gasteiger partial charge in [0.25, 0.3) is 0 Å². The van der Waals surface area contributed by atoms with Gasteiger partial charge in [0.15, 0.2) is 0 Å². The Morgan fingerprint density at radius 3 is 1.91 bits per heavy atom. The van der Waals surface area contributed by atoms with Crippen LogP contribution in [0.5, 0.6) is 0 Å². The van der Waals surface area contributed by atoms with Crippen molar-refractivity contribution < 1.29 is 0 Å². The molecule has 0 nitrogen and oxygen atoms in total. The zero-order valence-electron chi connectivity index (χ0n) is 7.89. The summed E-state index contributed by atoms with van der Waals surface area (Å²) >= 11 is 3.53. The van der Waals surface area contributed by atoms with Crippen LogP contribution in [0.1, 0.15) is 20.8 Å². The molecule has 0 heterocycles. The van der Waals surface area contributed by atoms with E-state index >= 15 is 0 Å². The van der Waals surface area contributed by atoms with Gasteiger partial charge in [0, 0.05) is 0 Å². The molecule has 0 radical (unpaired) electrons. The summed E-state index contributed by atoms with van der Waals surface area (Å²) in [4.78, 5) is 0. The largest absolute Gasteiger partial charge is 0.183 e. The van der Waals surface area contributed by atoms with Crippen molar-refractivity contribution in [3.63, 3.8) is 0 Å². The Balaban J connectivity index is 0. The van der Waals surface area contributed by atoms with Gasteiger partial charge in [0.1, 0.15) is 0 Å². The third-order valence-corrected chi connectivity index (χ3v) is 0.897. The minimum atomic E-state index is 1.25. The highest BCUT2D eigenvalue weighted by Gasteiger charge is 1.78. The highest BCUT2D eigenvalue weighted by molar-refractivity contribution is 7.79. The van der Waals surface area contributed by atoms with Crippen molar-refractivity contribution in [2.24, 2.45) is 0 Å². The lowest BCUT2D eigenvalue weighted by Crippen LogP contribution is -1.68. The molecular formula is C10H18S. The van der Waals surface area contributed by atoms with Crippen molar-refractivity contribution in [2.75, 3.05) is 6.26 Å². The maximum Gasteiger partial charge on any atom is -0.0215 e. The quantitative estimate of drug-likeness (QED) is 0.475. The topological polar surface area (TPSA) is 0 Å². The Labute approximate surface area is 76.1 Å². The first-order valence-electron chi connectivity index (χ1n) is 3.55. The maximum absolute atomic E-state index is 3.60. The van der Waals surface area contributed by atoms with Crippen molar-refractivity contribution in [1.29, 1.82) is 0 Å². The molecule has 0 aromatic rings. The molecule has 1 heteroatoms. The average molecular weight is 170 g/mol. The van der Waals surface area contributed by atoms with Crippen LogP contribution in [0.15, 0.2) is 36.0 Å². The summed E-state index contributed by atoms with van der Waals surface area (Å²) in [7, 11) is 0. The molecule has 0 saturated heterocycles. The highest BCUT2D eigenvalue weighted by Crippen LogP contribution is 1.99. The highest BCUT2D eigenvalue weighted by atomic mass is 32.1. The van der Waals surface area contributed by atoms with Gasteiger partial charge in [-0.25, -0.2) is 0 Å². The first kappa shape index (κ1) is 13.2. The van der Waals surface area contributed by atoms with Crippen molar-refractivity contribution >= 4 is 12.6 Å². The van der Waals surface area contributed by atoms with Crippen LogP contribution in [-0.2, 0) is 0 Å². The van der Waals surface area contributed by atoms with Crippen LogP contribution in [0.2, 0.25) is 0 Å². The number of rotatable bonds is 2. The van der Waals surface area contributed by atoms with Crippen molar-refractivity contribution in [3.05, 3.63) is 36.0 Å². The molecular weight excluding hydrogens is 152 g/mol. The fraction of sp³-hybridized carbons (Fsp3) is 0.400. The van der Waals surface area contributed by atoms with Gasteiger partial charge < -0.3 is 0 Å². The van der Waals surface area contributed by atoms with Crippen molar-refractivity contribution in [2.45, 2.75) is 20.8 Å². The number of allylic oxidation sites excluding steroid dienone is 5. The van der Waals surface area contributed by atoms with E-state index in [1.54, 1.807) is 12.3 Å². The summed E-state index contributed by atoms with van der Waals surface area (Å²) in [6, 6.07) is 0. The molecule has 0 rings (SSSR count). The van der Waals surface area contributed by atoms with E-state index in [1.807, 2.05) is 6.08 Å². The minimum absolute atomic E-state index is 1.25. The molecule has 0 fully saturated rings. The lowest BCUT2D eigenvalue weighted by Gasteiger charge is -1.89. The van der Waals surface area contributed by atoms with Gasteiger partial charge >= 0.3 is 0 Å². The molecule has 11 heavy (non-hydrogen) atoms. The Bertz CT molecular complexity index is 148. The fourth-order valence-electron chi connectivity index (χ4n) is 0.689. The normalized spacial score (nSPS) is 9.36. The second-order valence-electron chi connectivity index (χ2n) is 2.37. The molecule has 0 spiro atoms. The van der Waals surface area contributed by atoms with E-state index in [1.165, 1.54) is 11.1 Å². The predicted octanol–water partition coefficient (Wildman–Crippen LogP) is 3.63. The molecule has 0 aromatic carbocycles. The van der Waals surface area contributed by atoms with Crippen LogP contribution < -0.4 is 0 Å². The van der Waals surface area contributed by atoms with Gasteiger partial charge in [-0.1, -0.05) is 36.0 Å². The lowest BCUT2D eigenvalue weighted by molar-refractivity contribution is 1.35. The molecule has 0 aliphatic carbocycles. The van der Waals surface area contributed by atoms with Gasteiger partial charge in [0.05, 0.1) is 0 Å². The Morgan fingerprint density at radius 2 is 1.64 bits per heavy atom. The molecule has 0 amide bonds. The predicted molar refractivity (Wildman–Crippen MR) is 58.3 cm³/mol.